The number of halogens is 3. The number of ether oxygens (including phenoxy) is 2. The molecule has 0 N–H and O–H groups in total. The molecule has 1 aliphatic rings. The van der Waals surface area contributed by atoms with Crippen LogP contribution in [0.4, 0.5) is 8.78 Å². The maximum Gasteiger partial charge on any atom is 0.348 e. The fourth-order valence-electron chi connectivity index (χ4n) is 3.27. The molecule has 0 aliphatic carbocycles. The lowest BCUT2D eigenvalue weighted by Crippen LogP contribution is -2.12. The lowest BCUT2D eigenvalue weighted by atomic mass is 9.93. The fraction of sp³-hybridized carbons (Fsp3) is 0.0400. The van der Waals surface area contributed by atoms with Crippen LogP contribution in [0.15, 0.2) is 82.5 Å². The Hall–Kier alpha value is -3.58. The molecule has 0 saturated heterocycles. The van der Waals surface area contributed by atoms with Crippen LogP contribution in [-0.4, -0.2) is 18.9 Å². The van der Waals surface area contributed by atoms with Crippen LogP contribution in [0, 0.1) is 11.6 Å². The van der Waals surface area contributed by atoms with Gasteiger partial charge in [-0.05, 0) is 59.7 Å². The first-order valence-corrected chi connectivity index (χ1v) is 10.2. The molecule has 32 heavy (non-hydrogen) atoms. The summed E-state index contributed by atoms with van der Waals surface area (Å²) < 4.78 is 38.5. The highest BCUT2D eigenvalue weighted by Gasteiger charge is 2.36. The fourth-order valence-corrected chi connectivity index (χ4v) is 3.54. The molecule has 0 spiro atoms. The quantitative estimate of drug-likeness (QED) is 0.248. The van der Waals surface area contributed by atoms with Crippen LogP contribution >= 0.6 is 15.9 Å². The SMILES string of the molecule is COc1ccc(/C=C2\OC(=O)C(C(=O)c3ccc(F)c(F)c3)=C2c2ccc(Br)cc2)cc1. The normalized spacial score (nSPS) is 14.6. The number of cyclic esters (lactones) is 1. The van der Waals surface area contributed by atoms with Crippen LogP contribution in [0.2, 0.25) is 0 Å². The number of hydrogen-bond acceptors (Lipinski definition) is 4. The van der Waals surface area contributed by atoms with E-state index in [2.05, 4.69) is 15.9 Å². The van der Waals surface area contributed by atoms with Crippen molar-refractivity contribution in [1.29, 1.82) is 0 Å². The summed E-state index contributed by atoms with van der Waals surface area (Å²) in [5.74, 6) is -3.05. The summed E-state index contributed by atoms with van der Waals surface area (Å²) in [5.41, 5.74) is 1.14. The Labute approximate surface area is 190 Å². The Kier molecular flexibility index (Phi) is 6.01. The highest BCUT2D eigenvalue weighted by atomic mass is 79.9. The summed E-state index contributed by atoms with van der Waals surface area (Å²) in [5, 5.41) is 0. The van der Waals surface area contributed by atoms with Gasteiger partial charge in [-0.2, -0.15) is 0 Å². The second-order valence-corrected chi connectivity index (χ2v) is 7.80. The van der Waals surface area contributed by atoms with Gasteiger partial charge in [-0.3, -0.25) is 4.79 Å². The van der Waals surface area contributed by atoms with E-state index in [0.717, 1.165) is 22.7 Å². The number of esters is 1. The number of ketones is 1. The van der Waals surface area contributed by atoms with Crippen molar-refractivity contribution >= 4 is 39.3 Å². The average Bonchev–Trinajstić information content (AvgIpc) is 3.11. The number of Topliss-reactive ketones (excluding diaryl/α,β-unsaturated/α-hetero) is 1. The van der Waals surface area contributed by atoms with Crippen LogP contribution < -0.4 is 4.74 Å². The number of rotatable bonds is 5. The van der Waals surface area contributed by atoms with Crippen LogP contribution in [0.3, 0.4) is 0 Å². The molecule has 4 nitrogen and oxygen atoms in total. The van der Waals surface area contributed by atoms with Crippen molar-refractivity contribution in [3.63, 3.8) is 0 Å². The molecular formula is C25H15BrF2O4. The van der Waals surface area contributed by atoms with Gasteiger partial charge in [0.25, 0.3) is 0 Å². The van der Waals surface area contributed by atoms with E-state index in [1.165, 1.54) is 0 Å². The highest BCUT2D eigenvalue weighted by molar-refractivity contribution is 9.10. The van der Waals surface area contributed by atoms with Gasteiger partial charge in [-0.25, -0.2) is 13.6 Å². The molecule has 0 aromatic heterocycles. The van der Waals surface area contributed by atoms with E-state index in [1.807, 2.05) is 0 Å². The Morgan fingerprint density at radius 3 is 2.28 bits per heavy atom. The Morgan fingerprint density at radius 1 is 0.969 bits per heavy atom. The minimum Gasteiger partial charge on any atom is -0.497 e. The molecule has 1 heterocycles. The molecule has 0 fully saturated rings. The molecular weight excluding hydrogens is 482 g/mol. The largest absolute Gasteiger partial charge is 0.497 e. The first kappa shape index (κ1) is 21.6. The van der Waals surface area contributed by atoms with Gasteiger partial charge in [-0.1, -0.05) is 40.2 Å². The van der Waals surface area contributed by atoms with Gasteiger partial charge in [0, 0.05) is 15.6 Å². The van der Waals surface area contributed by atoms with Crippen molar-refractivity contribution in [3.8, 4) is 5.75 Å². The molecule has 3 aromatic carbocycles. The summed E-state index contributed by atoms with van der Waals surface area (Å²) in [6.45, 7) is 0. The number of methoxy groups -OCH3 is 1. The molecule has 3 aromatic rings. The number of hydrogen-bond donors (Lipinski definition) is 0. The lowest BCUT2D eigenvalue weighted by Gasteiger charge is -2.07. The zero-order chi connectivity index (χ0) is 22.8. The summed E-state index contributed by atoms with van der Waals surface area (Å²) in [6.07, 6.45) is 1.63. The number of carbonyl (C=O) groups excluding carboxylic acids is 2. The maximum atomic E-state index is 13.7. The Balaban J connectivity index is 1.87. The van der Waals surface area contributed by atoms with Crippen molar-refractivity contribution in [2.45, 2.75) is 0 Å². The molecule has 0 atom stereocenters. The zero-order valence-corrected chi connectivity index (χ0v) is 18.3. The lowest BCUT2D eigenvalue weighted by molar-refractivity contribution is -0.132. The minimum absolute atomic E-state index is 0.156. The van der Waals surface area contributed by atoms with Gasteiger partial charge in [0.15, 0.2) is 11.6 Å². The molecule has 1 aliphatic heterocycles. The first-order valence-electron chi connectivity index (χ1n) is 9.45. The smallest absolute Gasteiger partial charge is 0.348 e. The number of carbonyl (C=O) groups is 2. The molecule has 7 heteroatoms. The van der Waals surface area contributed by atoms with Gasteiger partial charge >= 0.3 is 5.97 Å². The minimum atomic E-state index is -1.18. The molecule has 0 radical (unpaired) electrons. The Morgan fingerprint density at radius 2 is 1.66 bits per heavy atom. The third-order valence-electron chi connectivity index (χ3n) is 4.86. The zero-order valence-electron chi connectivity index (χ0n) is 16.7. The standard InChI is InChI=1S/C25H15BrF2O4/c1-31-18-9-2-14(3-10-18)12-21-22(15-4-7-17(26)8-5-15)23(25(30)32-21)24(29)16-6-11-19(27)20(28)13-16/h2-13H,1H3/b21-12-. The van der Waals surface area contributed by atoms with E-state index in [4.69, 9.17) is 9.47 Å². The monoisotopic (exact) mass is 496 g/mol. The number of benzene rings is 3. The predicted molar refractivity (Wildman–Crippen MR) is 119 cm³/mol. The molecule has 0 saturated carbocycles. The second-order valence-electron chi connectivity index (χ2n) is 6.89. The van der Waals surface area contributed by atoms with Crippen molar-refractivity contribution in [3.05, 3.63) is 111 Å². The van der Waals surface area contributed by atoms with Crippen molar-refractivity contribution in [2.24, 2.45) is 0 Å². The first-order chi connectivity index (χ1) is 15.4. The molecule has 0 amide bonds. The molecule has 0 unspecified atom stereocenters. The van der Waals surface area contributed by atoms with Gasteiger partial charge in [0.1, 0.15) is 17.1 Å². The van der Waals surface area contributed by atoms with Gasteiger partial charge in [-0.15, -0.1) is 0 Å². The summed E-state index contributed by atoms with van der Waals surface area (Å²) in [7, 11) is 1.55. The van der Waals surface area contributed by atoms with Crippen LogP contribution in [-0.2, 0) is 9.53 Å². The van der Waals surface area contributed by atoms with Crippen molar-refractivity contribution < 1.29 is 27.8 Å². The highest BCUT2D eigenvalue weighted by Crippen LogP contribution is 2.38. The number of allylic oxidation sites excluding steroid dienone is 1. The second kappa shape index (κ2) is 8.88. The van der Waals surface area contributed by atoms with E-state index in [9.17, 15) is 18.4 Å². The van der Waals surface area contributed by atoms with Crippen LogP contribution in [0.5, 0.6) is 5.75 Å². The summed E-state index contributed by atoms with van der Waals surface area (Å²) >= 11 is 3.36. The van der Waals surface area contributed by atoms with E-state index < -0.39 is 23.4 Å². The van der Waals surface area contributed by atoms with Crippen LogP contribution in [0.25, 0.3) is 11.6 Å². The van der Waals surface area contributed by atoms with Gasteiger partial charge in [0.05, 0.1) is 7.11 Å². The predicted octanol–water partition coefficient (Wildman–Crippen LogP) is 5.97. The van der Waals surface area contributed by atoms with Crippen molar-refractivity contribution in [1.82, 2.24) is 0 Å². The topological polar surface area (TPSA) is 52.6 Å². The maximum absolute atomic E-state index is 13.7. The van der Waals surface area contributed by atoms with E-state index in [-0.39, 0.29) is 22.5 Å². The molecule has 160 valence electrons. The van der Waals surface area contributed by atoms with Crippen molar-refractivity contribution in [2.75, 3.05) is 7.11 Å². The molecule has 4 rings (SSSR count). The summed E-state index contributed by atoms with van der Waals surface area (Å²) in [4.78, 5) is 25.9. The Bertz CT molecular complexity index is 1280. The summed E-state index contributed by atoms with van der Waals surface area (Å²) in [6, 6.07) is 16.8. The average molecular weight is 497 g/mol. The van der Waals surface area contributed by atoms with Gasteiger partial charge in [0.2, 0.25) is 5.78 Å². The van der Waals surface area contributed by atoms with E-state index in [1.54, 1.807) is 61.7 Å². The third kappa shape index (κ3) is 4.24. The third-order valence-corrected chi connectivity index (χ3v) is 5.39. The van der Waals surface area contributed by atoms with E-state index in [0.29, 0.717) is 16.9 Å². The molecule has 0 bridgehead atoms. The van der Waals surface area contributed by atoms with E-state index >= 15 is 0 Å². The van der Waals surface area contributed by atoms with Gasteiger partial charge < -0.3 is 9.47 Å². The van der Waals surface area contributed by atoms with Crippen LogP contribution in [0.1, 0.15) is 21.5 Å².